The van der Waals surface area contributed by atoms with Crippen molar-refractivity contribution in [1.82, 2.24) is 20.2 Å². The Morgan fingerprint density at radius 1 is 1.10 bits per heavy atom. The highest BCUT2D eigenvalue weighted by atomic mass is 19.3. The van der Waals surface area contributed by atoms with Crippen molar-refractivity contribution in [3.05, 3.63) is 18.5 Å². The van der Waals surface area contributed by atoms with E-state index in [4.69, 9.17) is 10.5 Å². The van der Waals surface area contributed by atoms with E-state index in [1.807, 2.05) is 27.7 Å². The molecule has 0 spiro atoms. The fraction of sp³-hybridized carbons (Fsp3) is 0.632. The minimum Gasteiger partial charge on any atom is -0.473 e. The molecule has 0 aliphatic carbocycles. The molecule has 0 saturated heterocycles. The maximum atomic E-state index is 12.1. The zero-order valence-corrected chi connectivity index (χ0v) is 17.9. The third-order valence-corrected chi connectivity index (χ3v) is 3.27. The van der Waals surface area contributed by atoms with Gasteiger partial charge in [0.2, 0.25) is 11.8 Å². The Labute approximate surface area is 171 Å². The van der Waals surface area contributed by atoms with E-state index in [1.165, 1.54) is 18.5 Å². The van der Waals surface area contributed by atoms with E-state index < -0.39 is 6.61 Å². The number of hydrogen-bond acceptors (Lipinski definition) is 7. The molecular weight excluding hydrogens is 382 g/mol. The Bertz CT molecular complexity index is 643. The summed E-state index contributed by atoms with van der Waals surface area (Å²) in [6.45, 7) is 7.76. The Hall–Kier alpha value is -2.49. The van der Waals surface area contributed by atoms with E-state index in [9.17, 15) is 8.78 Å². The van der Waals surface area contributed by atoms with Gasteiger partial charge in [-0.3, -0.25) is 10.1 Å². The summed E-state index contributed by atoms with van der Waals surface area (Å²) in [7, 11) is 0. The van der Waals surface area contributed by atoms with Gasteiger partial charge >= 0.3 is 6.61 Å². The van der Waals surface area contributed by atoms with Gasteiger partial charge in [-0.2, -0.15) is 13.8 Å². The molecule has 1 unspecified atom stereocenters. The maximum Gasteiger partial charge on any atom is 0.388 e. The number of nitrogens with one attached hydrogen (secondary N) is 2. The van der Waals surface area contributed by atoms with Gasteiger partial charge in [-0.05, 0) is 25.8 Å². The molecule has 0 radical (unpaired) electrons. The summed E-state index contributed by atoms with van der Waals surface area (Å²) in [5.74, 6) is 0.890. The van der Waals surface area contributed by atoms with E-state index in [2.05, 4.69) is 37.1 Å². The van der Waals surface area contributed by atoms with Crippen LogP contribution >= 0.6 is 0 Å². The Balaban J connectivity index is 0.00000184. The predicted molar refractivity (Wildman–Crippen MR) is 111 cm³/mol. The van der Waals surface area contributed by atoms with Gasteiger partial charge < -0.3 is 20.5 Å². The monoisotopic (exact) mass is 416 g/mol. The number of ether oxygens (including phenoxy) is 2. The van der Waals surface area contributed by atoms with Crippen LogP contribution in [0, 0.1) is 0 Å². The zero-order valence-electron chi connectivity index (χ0n) is 17.9. The molecule has 0 bridgehead atoms. The first-order valence-corrected chi connectivity index (χ1v) is 10.1. The number of hydrogen-bond donors (Lipinski definition) is 3. The molecule has 1 atom stereocenters. The molecule has 0 aliphatic heterocycles. The average Bonchev–Trinajstić information content (AvgIpc) is 3.15. The highest BCUT2D eigenvalue weighted by Crippen LogP contribution is 2.20. The molecule has 166 valence electrons. The molecule has 0 saturated carbocycles. The SMILES string of the molecule is CC.CC.CCCC(CCCN)Oc1cncc(Nc2cc(OC(F)F)n[nH]2)n1. The van der Waals surface area contributed by atoms with E-state index in [0.717, 1.165) is 25.7 Å². The third kappa shape index (κ3) is 11.2. The molecule has 29 heavy (non-hydrogen) atoms. The number of H-pyrrole nitrogens is 1. The molecule has 2 heterocycles. The first kappa shape index (κ1) is 26.5. The van der Waals surface area contributed by atoms with E-state index >= 15 is 0 Å². The van der Waals surface area contributed by atoms with E-state index in [0.29, 0.717) is 24.1 Å². The lowest BCUT2D eigenvalue weighted by atomic mass is 10.1. The minimum absolute atomic E-state index is 0.0244. The number of anilines is 2. The maximum absolute atomic E-state index is 12.1. The number of halogens is 2. The van der Waals surface area contributed by atoms with Gasteiger partial charge in [0, 0.05) is 6.07 Å². The van der Waals surface area contributed by atoms with Crippen LogP contribution in [0.4, 0.5) is 20.4 Å². The van der Waals surface area contributed by atoms with Crippen molar-refractivity contribution in [2.24, 2.45) is 5.73 Å². The number of nitrogens with zero attached hydrogens (tertiary/aromatic N) is 3. The summed E-state index contributed by atoms with van der Waals surface area (Å²) in [6.07, 6.45) is 6.63. The van der Waals surface area contributed by atoms with Crippen LogP contribution in [0.5, 0.6) is 11.8 Å². The molecule has 0 aromatic carbocycles. The smallest absolute Gasteiger partial charge is 0.388 e. The topological polar surface area (TPSA) is 111 Å². The van der Waals surface area contributed by atoms with Crippen molar-refractivity contribution in [2.45, 2.75) is 73.0 Å². The molecular formula is C19H34F2N6O2. The Kier molecular flexibility index (Phi) is 15.0. The summed E-state index contributed by atoms with van der Waals surface area (Å²) in [6, 6.07) is 1.29. The van der Waals surface area contributed by atoms with Crippen LogP contribution in [0.1, 0.15) is 60.3 Å². The number of aromatic amines is 1. The zero-order chi connectivity index (χ0) is 22.1. The summed E-state index contributed by atoms with van der Waals surface area (Å²) in [5, 5.41) is 9.00. The second-order valence-electron chi connectivity index (χ2n) is 5.33. The lowest BCUT2D eigenvalue weighted by Gasteiger charge is -2.17. The summed E-state index contributed by atoms with van der Waals surface area (Å²) < 4.78 is 34.3. The molecule has 4 N–H and O–H groups in total. The first-order valence-electron chi connectivity index (χ1n) is 10.1. The van der Waals surface area contributed by atoms with Gasteiger partial charge in [-0.15, -0.1) is 5.10 Å². The lowest BCUT2D eigenvalue weighted by molar-refractivity contribution is -0.0528. The van der Waals surface area contributed by atoms with Crippen molar-refractivity contribution < 1.29 is 18.3 Å². The van der Waals surface area contributed by atoms with Gasteiger partial charge in [0.15, 0.2) is 5.82 Å². The second kappa shape index (κ2) is 16.5. The number of rotatable bonds is 11. The van der Waals surface area contributed by atoms with Crippen LogP contribution in [0.3, 0.4) is 0 Å². The molecule has 10 heteroatoms. The van der Waals surface area contributed by atoms with Gasteiger partial charge in [0.25, 0.3) is 0 Å². The highest BCUT2D eigenvalue weighted by Gasteiger charge is 2.12. The quantitative estimate of drug-likeness (QED) is 0.478. The van der Waals surface area contributed by atoms with Crippen LogP contribution < -0.4 is 20.5 Å². The van der Waals surface area contributed by atoms with Crippen molar-refractivity contribution in [2.75, 3.05) is 11.9 Å². The first-order chi connectivity index (χ1) is 14.1. The van der Waals surface area contributed by atoms with E-state index in [-0.39, 0.29) is 12.0 Å². The Morgan fingerprint density at radius 2 is 1.83 bits per heavy atom. The summed E-state index contributed by atoms with van der Waals surface area (Å²) in [4.78, 5) is 8.37. The average molecular weight is 417 g/mol. The van der Waals surface area contributed by atoms with Crippen LogP contribution in [-0.4, -0.2) is 39.4 Å². The van der Waals surface area contributed by atoms with Gasteiger partial charge in [0.1, 0.15) is 11.9 Å². The van der Waals surface area contributed by atoms with Crippen LogP contribution in [0.25, 0.3) is 0 Å². The molecule has 8 nitrogen and oxygen atoms in total. The van der Waals surface area contributed by atoms with Crippen molar-refractivity contribution in [3.63, 3.8) is 0 Å². The normalized spacial score (nSPS) is 10.9. The molecule has 2 aromatic rings. The van der Waals surface area contributed by atoms with Crippen LogP contribution in [0.15, 0.2) is 18.5 Å². The van der Waals surface area contributed by atoms with E-state index in [1.54, 1.807) is 0 Å². The highest BCUT2D eigenvalue weighted by molar-refractivity contribution is 5.51. The second-order valence-corrected chi connectivity index (χ2v) is 5.33. The molecule has 0 amide bonds. The number of alkyl halides is 2. The fourth-order valence-electron chi connectivity index (χ4n) is 2.22. The minimum atomic E-state index is -2.93. The van der Waals surface area contributed by atoms with Gasteiger partial charge in [0.05, 0.1) is 12.4 Å². The van der Waals surface area contributed by atoms with Gasteiger partial charge in [-0.1, -0.05) is 41.0 Å². The summed E-state index contributed by atoms with van der Waals surface area (Å²) in [5.41, 5.74) is 5.55. The van der Waals surface area contributed by atoms with Crippen molar-refractivity contribution in [1.29, 1.82) is 0 Å². The predicted octanol–water partition coefficient (Wildman–Crippen LogP) is 4.88. The third-order valence-electron chi connectivity index (χ3n) is 3.27. The van der Waals surface area contributed by atoms with Crippen molar-refractivity contribution in [3.8, 4) is 11.8 Å². The fourth-order valence-corrected chi connectivity index (χ4v) is 2.22. The molecule has 2 aromatic heterocycles. The molecule has 0 fully saturated rings. The van der Waals surface area contributed by atoms with Crippen LogP contribution in [0.2, 0.25) is 0 Å². The Morgan fingerprint density at radius 3 is 2.45 bits per heavy atom. The molecule has 0 aliphatic rings. The standard InChI is InChI=1S/C15H22F2N6O2.2C2H6/c1-2-4-10(5-3-6-18)24-14-9-19-8-12(21-14)20-11-7-13(23-22-11)25-15(16)17;2*1-2/h7-10,15H,2-6,18H2,1H3,(H2,20,21,22,23);2*1-2H3. The molecule has 2 rings (SSSR count). The number of aromatic nitrogens is 4. The lowest BCUT2D eigenvalue weighted by Crippen LogP contribution is -2.18. The van der Waals surface area contributed by atoms with Gasteiger partial charge in [-0.25, -0.2) is 0 Å². The summed E-state index contributed by atoms with van der Waals surface area (Å²) >= 11 is 0. The largest absolute Gasteiger partial charge is 0.473 e. The number of nitrogens with two attached hydrogens (primary N) is 1. The van der Waals surface area contributed by atoms with Crippen molar-refractivity contribution >= 4 is 11.6 Å². The van der Waals surface area contributed by atoms with Crippen LogP contribution in [-0.2, 0) is 0 Å².